The van der Waals surface area contributed by atoms with Crippen molar-refractivity contribution < 1.29 is 9.36 Å². The fourth-order valence-corrected chi connectivity index (χ4v) is 2.07. The molecule has 0 radical (unpaired) electrons. The molecule has 0 fully saturated rings. The highest BCUT2D eigenvalue weighted by Crippen LogP contribution is 2.08. The summed E-state index contributed by atoms with van der Waals surface area (Å²) in [5.74, 6) is 0.195. The van der Waals surface area contributed by atoms with E-state index in [1.165, 1.54) is 32.1 Å². The number of carbonyl (C=O) groups is 1. The van der Waals surface area contributed by atoms with Gasteiger partial charge >= 0.3 is 5.91 Å². The van der Waals surface area contributed by atoms with Crippen molar-refractivity contribution in [3.63, 3.8) is 0 Å². The molecule has 0 unspecified atom stereocenters. The van der Waals surface area contributed by atoms with Crippen molar-refractivity contribution in [2.45, 2.75) is 51.9 Å². The lowest BCUT2D eigenvalue weighted by molar-refractivity contribution is -0.574. The van der Waals surface area contributed by atoms with E-state index >= 15 is 0 Å². The van der Waals surface area contributed by atoms with Gasteiger partial charge in [-0.05, 0) is 6.42 Å². The largest absolute Gasteiger partial charge is 0.392 e. The third-order valence-electron chi connectivity index (χ3n) is 3.36. The van der Waals surface area contributed by atoms with E-state index in [0.717, 1.165) is 12.1 Å². The molecule has 0 bridgehead atoms. The molecule has 1 rings (SSSR count). The Kier molecular flexibility index (Phi) is 7.16. The zero-order valence-electron chi connectivity index (χ0n) is 12.6. The van der Waals surface area contributed by atoms with Gasteiger partial charge in [-0.2, -0.15) is 0 Å². The molecular formula is C16H27N2O+. The maximum absolute atomic E-state index is 12.0. The van der Waals surface area contributed by atoms with Gasteiger partial charge in [0, 0.05) is 31.9 Å². The summed E-state index contributed by atoms with van der Waals surface area (Å²) in [7, 11) is 4.00. The molecule has 0 aliphatic carbocycles. The van der Waals surface area contributed by atoms with Crippen LogP contribution in [0.5, 0.6) is 0 Å². The van der Waals surface area contributed by atoms with E-state index in [1.54, 1.807) is 4.57 Å². The van der Waals surface area contributed by atoms with Gasteiger partial charge in [0.1, 0.15) is 0 Å². The van der Waals surface area contributed by atoms with Crippen molar-refractivity contribution in [2.75, 3.05) is 19.0 Å². The van der Waals surface area contributed by atoms with Crippen LogP contribution in [-0.2, 0) is 0 Å². The van der Waals surface area contributed by atoms with Crippen LogP contribution in [-0.4, -0.2) is 20.0 Å². The minimum absolute atomic E-state index is 0.195. The van der Waals surface area contributed by atoms with Crippen LogP contribution in [0, 0.1) is 0 Å². The number of hydrogen-bond donors (Lipinski definition) is 0. The predicted molar refractivity (Wildman–Crippen MR) is 79.6 cm³/mol. The zero-order valence-corrected chi connectivity index (χ0v) is 12.6. The Bertz CT molecular complexity index is 371. The van der Waals surface area contributed by atoms with Crippen LogP contribution in [0.3, 0.4) is 0 Å². The molecule has 0 aliphatic heterocycles. The summed E-state index contributed by atoms with van der Waals surface area (Å²) < 4.78 is 1.69. The molecule has 106 valence electrons. The summed E-state index contributed by atoms with van der Waals surface area (Å²) >= 11 is 0. The van der Waals surface area contributed by atoms with Gasteiger partial charge in [-0.3, -0.25) is 0 Å². The van der Waals surface area contributed by atoms with Gasteiger partial charge in [0.15, 0.2) is 12.4 Å². The van der Waals surface area contributed by atoms with Crippen LogP contribution in [0.1, 0.15) is 56.7 Å². The van der Waals surface area contributed by atoms with Crippen LogP contribution in [0.2, 0.25) is 0 Å². The molecule has 0 amide bonds. The number of hydrogen-bond acceptors (Lipinski definition) is 2. The molecule has 1 heterocycles. The third-order valence-corrected chi connectivity index (χ3v) is 3.36. The van der Waals surface area contributed by atoms with Gasteiger partial charge in [-0.15, -0.1) is 4.57 Å². The van der Waals surface area contributed by atoms with Gasteiger partial charge in [0.05, 0.1) is 6.42 Å². The summed E-state index contributed by atoms with van der Waals surface area (Å²) in [6.07, 6.45) is 11.7. The predicted octanol–water partition coefficient (Wildman–Crippen LogP) is 3.43. The minimum atomic E-state index is 0.195. The lowest BCUT2D eigenvalue weighted by Gasteiger charge is -2.09. The quantitative estimate of drug-likeness (QED) is 0.530. The maximum atomic E-state index is 12.0. The van der Waals surface area contributed by atoms with Crippen molar-refractivity contribution in [1.29, 1.82) is 0 Å². The Hall–Kier alpha value is -1.38. The second-order valence-corrected chi connectivity index (χ2v) is 5.27. The van der Waals surface area contributed by atoms with Crippen LogP contribution < -0.4 is 9.47 Å². The van der Waals surface area contributed by atoms with Crippen LogP contribution in [0.4, 0.5) is 5.69 Å². The first-order valence-corrected chi connectivity index (χ1v) is 7.37. The Labute approximate surface area is 117 Å². The van der Waals surface area contributed by atoms with Gasteiger partial charge < -0.3 is 4.90 Å². The molecule has 0 saturated carbocycles. The van der Waals surface area contributed by atoms with Crippen molar-refractivity contribution >= 4 is 11.6 Å². The first kappa shape index (κ1) is 15.7. The van der Waals surface area contributed by atoms with E-state index in [2.05, 4.69) is 6.92 Å². The van der Waals surface area contributed by atoms with Crippen molar-refractivity contribution in [2.24, 2.45) is 0 Å². The molecule has 1 aromatic rings. The van der Waals surface area contributed by atoms with E-state index < -0.39 is 0 Å². The van der Waals surface area contributed by atoms with Crippen LogP contribution in [0.15, 0.2) is 24.5 Å². The molecule has 0 N–H and O–H groups in total. The van der Waals surface area contributed by atoms with Crippen LogP contribution in [0.25, 0.3) is 0 Å². The average Bonchev–Trinajstić information content (AvgIpc) is 2.42. The summed E-state index contributed by atoms with van der Waals surface area (Å²) in [6, 6.07) is 3.94. The fourth-order valence-electron chi connectivity index (χ4n) is 2.07. The lowest BCUT2D eigenvalue weighted by atomic mass is 10.1. The molecule has 1 aromatic heterocycles. The van der Waals surface area contributed by atoms with E-state index in [1.807, 2.05) is 43.5 Å². The molecular weight excluding hydrogens is 236 g/mol. The molecule has 0 aromatic carbocycles. The fraction of sp³-hybridized carbons (Fsp3) is 0.625. The average molecular weight is 263 g/mol. The zero-order chi connectivity index (χ0) is 14.1. The van der Waals surface area contributed by atoms with Gasteiger partial charge in [-0.1, -0.05) is 39.0 Å². The van der Waals surface area contributed by atoms with Crippen molar-refractivity contribution in [3.8, 4) is 0 Å². The number of pyridine rings is 1. The SMILES string of the molecule is CCCCCCCCC(=O)[n+]1ccc(N(C)C)cc1. The smallest absolute Gasteiger partial charge is 0.377 e. The van der Waals surface area contributed by atoms with Gasteiger partial charge in [0.2, 0.25) is 0 Å². The standard InChI is InChI=1S/C16H27N2O/c1-4-5-6-7-8-9-10-16(19)18-13-11-15(12-14-18)17(2)3/h11-14H,4-10H2,1-3H3/q+1. The van der Waals surface area contributed by atoms with Gasteiger partial charge in [0.25, 0.3) is 0 Å². The van der Waals surface area contributed by atoms with E-state index in [9.17, 15) is 4.79 Å². The van der Waals surface area contributed by atoms with E-state index in [-0.39, 0.29) is 5.91 Å². The monoisotopic (exact) mass is 263 g/mol. The summed E-state index contributed by atoms with van der Waals surface area (Å²) in [6.45, 7) is 2.22. The highest BCUT2D eigenvalue weighted by Gasteiger charge is 2.13. The molecule has 19 heavy (non-hydrogen) atoms. The molecule has 3 nitrogen and oxygen atoms in total. The normalized spacial score (nSPS) is 10.5. The van der Waals surface area contributed by atoms with Crippen LogP contribution >= 0.6 is 0 Å². The first-order chi connectivity index (χ1) is 9.15. The van der Waals surface area contributed by atoms with E-state index in [4.69, 9.17) is 0 Å². The Balaban J connectivity index is 2.29. The molecule has 3 heteroatoms. The second-order valence-electron chi connectivity index (χ2n) is 5.27. The molecule has 0 aliphatic rings. The van der Waals surface area contributed by atoms with Gasteiger partial charge in [-0.25, -0.2) is 4.79 Å². The number of unbranched alkanes of at least 4 members (excludes halogenated alkanes) is 5. The first-order valence-electron chi connectivity index (χ1n) is 7.37. The number of rotatable bonds is 8. The second kappa shape index (κ2) is 8.68. The summed E-state index contributed by atoms with van der Waals surface area (Å²) in [5.41, 5.74) is 1.11. The van der Waals surface area contributed by atoms with Crippen molar-refractivity contribution in [1.82, 2.24) is 0 Å². The maximum Gasteiger partial charge on any atom is 0.392 e. The third kappa shape index (κ3) is 5.86. The highest BCUT2D eigenvalue weighted by molar-refractivity contribution is 5.66. The molecule has 0 saturated heterocycles. The Morgan fingerprint density at radius 1 is 1.05 bits per heavy atom. The highest BCUT2D eigenvalue weighted by atomic mass is 16.1. The molecule has 0 spiro atoms. The van der Waals surface area contributed by atoms with E-state index in [0.29, 0.717) is 6.42 Å². The Morgan fingerprint density at radius 2 is 1.63 bits per heavy atom. The minimum Gasteiger partial charge on any atom is -0.377 e. The summed E-state index contributed by atoms with van der Waals surface area (Å²) in [4.78, 5) is 14.0. The Morgan fingerprint density at radius 3 is 2.21 bits per heavy atom. The number of aromatic nitrogens is 1. The lowest BCUT2D eigenvalue weighted by Crippen LogP contribution is -2.41. The summed E-state index contributed by atoms with van der Waals surface area (Å²) in [5, 5.41) is 0. The topological polar surface area (TPSA) is 24.2 Å². The number of anilines is 1. The number of carbonyl (C=O) groups excluding carboxylic acids is 1. The number of nitrogens with zero attached hydrogens (tertiary/aromatic N) is 2. The van der Waals surface area contributed by atoms with Crippen molar-refractivity contribution in [3.05, 3.63) is 24.5 Å². The molecule has 0 atom stereocenters.